The third-order valence-corrected chi connectivity index (χ3v) is 5.81. The standard InChI is InChI=1S/C23H24ClNO3/c1-23(2)11-17-21(18(26)12-23)20(13-5-7-14(24)8-6-13)22-16(25-17)9-15(27-3)10-19(22)28-4/h5-10,20,25H,11-12H2,1-4H3. The van der Waals surface area contributed by atoms with Gasteiger partial charge in [0.1, 0.15) is 11.5 Å². The zero-order valence-electron chi connectivity index (χ0n) is 16.6. The highest BCUT2D eigenvalue weighted by atomic mass is 35.5. The molecule has 1 unspecified atom stereocenters. The normalized spacial score (nSPS) is 20.2. The van der Waals surface area contributed by atoms with Gasteiger partial charge in [-0.05, 0) is 29.5 Å². The minimum atomic E-state index is -0.201. The summed E-state index contributed by atoms with van der Waals surface area (Å²) in [7, 11) is 3.28. The van der Waals surface area contributed by atoms with Crippen molar-refractivity contribution in [3.05, 3.63) is 63.8 Å². The second-order valence-corrected chi connectivity index (χ2v) is 8.67. The topological polar surface area (TPSA) is 47.6 Å². The zero-order valence-corrected chi connectivity index (χ0v) is 17.3. The largest absolute Gasteiger partial charge is 0.497 e. The average Bonchev–Trinajstić information content (AvgIpc) is 2.65. The van der Waals surface area contributed by atoms with Crippen molar-refractivity contribution in [3.63, 3.8) is 0 Å². The second-order valence-electron chi connectivity index (χ2n) is 8.23. The Labute approximate surface area is 170 Å². The Balaban J connectivity index is 1.98. The first-order valence-electron chi connectivity index (χ1n) is 9.37. The summed E-state index contributed by atoms with van der Waals surface area (Å²) in [5.41, 5.74) is 4.64. The van der Waals surface area contributed by atoms with E-state index in [1.54, 1.807) is 14.2 Å². The van der Waals surface area contributed by atoms with Crippen LogP contribution in [-0.2, 0) is 4.79 Å². The van der Waals surface area contributed by atoms with Crippen LogP contribution in [0.25, 0.3) is 0 Å². The van der Waals surface area contributed by atoms with E-state index in [1.165, 1.54) is 0 Å². The molecule has 0 aromatic heterocycles. The van der Waals surface area contributed by atoms with Gasteiger partial charge in [-0.3, -0.25) is 4.79 Å². The van der Waals surface area contributed by atoms with E-state index in [0.717, 1.165) is 34.5 Å². The summed E-state index contributed by atoms with van der Waals surface area (Å²) in [6.07, 6.45) is 1.35. The fourth-order valence-electron chi connectivity index (χ4n) is 4.37. The van der Waals surface area contributed by atoms with Crippen LogP contribution >= 0.6 is 11.6 Å². The molecule has 4 nitrogen and oxygen atoms in total. The molecule has 1 aliphatic heterocycles. The van der Waals surface area contributed by atoms with E-state index in [4.69, 9.17) is 21.1 Å². The number of anilines is 1. The van der Waals surface area contributed by atoms with Crippen molar-refractivity contribution in [1.29, 1.82) is 0 Å². The summed E-state index contributed by atoms with van der Waals surface area (Å²) < 4.78 is 11.2. The summed E-state index contributed by atoms with van der Waals surface area (Å²) in [5.74, 6) is 1.39. The number of fused-ring (bicyclic) bond motifs is 1. The van der Waals surface area contributed by atoms with Crippen molar-refractivity contribution in [1.82, 2.24) is 0 Å². The van der Waals surface area contributed by atoms with E-state index in [9.17, 15) is 4.79 Å². The van der Waals surface area contributed by atoms with E-state index in [2.05, 4.69) is 19.2 Å². The molecule has 28 heavy (non-hydrogen) atoms. The Morgan fingerprint density at radius 1 is 1.07 bits per heavy atom. The van der Waals surface area contributed by atoms with Crippen molar-refractivity contribution in [2.24, 2.45) is 5.41 Å². The van der Waals surface area contributed by atoms with Crippen molar-refractivity contribution in [2.45, 2.75) is 32.6 Å². The molecule has 0 amide bonds. The van der Waals surface area contributed by atoms with Gasteiger partial charge in [0.25, 0.3) is 0 Å². The Morgan fingerprint density at radius 3 is 2.43 bits per heavy atom. The van der Waals surface area contributed by atoms with Crippen LogP contribution in [0.15, 0.2) is 47.7 Å². The predicted octanol–water partition coefficient (Wildman–Crippen LogP) is 5.56. The fraction of sp³-hybridized carbons (Fsp3) is 0.348. The Bertz CT molecular complexity index is 976. The maximum absolute atomic E-state index is 13.2. The second kappa shape index (κ2) is 6.85. The van der Waals surface area contributed by atoms with Crippen LogP contribution in [0.2, 0.25) is 5.02 Å². The maximum atomic E-state index is 13.2. The van der Waals surface area contributed by atoms with Crippen LogP contribution in [0.4, 0.5) is 5.69 Å². The number of halogens is 1. The summed E-state index contributed by atoms with van der Waals surface area (Å²) in [5, 5.41) is 4.19. The number of methoxy groups -OCH3 is 2. The number of ether oxygens (including phenoxy) is 2. The van der Waals surface area contributed by atoms with Crippen LogP contribution in [0, 0.1) is 5.41 Å². The van der Waals surface area contributed by atoms with Gasteiger partial charge < -0.3 is 14.8 Å². The van der Waals surface area contributed by atoms with Crippen molar-refractivity contribution < 1.29 is 14.3 Å². The van der Waals surface area contributed by atoms with Gasteiger partial charge in [0.05, 0.1) is 14.2 Å². The monoisotopic (exact) mass is 397 g/mol. The van der Waals surface area contributed by atoms with Gasteiger partial charge in [-0.25, -0.2) is 0 Å². The summed E-state index contributed by atoms with van der Waals surface area (Å²) in [4.78, 5) is 13.2. The molecule has 2 aromatic rings. The number of benzene rings is 2. The predicted molar refractivity (Wildman–Crippen MR) is 112 cm³/mol. The van der Waals surface area contributed by atoms with Gasteiger partial charge >= 0.3 is 0 Å². The third-order valence-electron chi connectivity index (χ3n) is 5.56. The number of ketones is 1. The lowest BCUT2D eigenvalue weighted by atomic mass is 9.68. The lowest BCUT2D eigenvalue weighted by Gasteiger charge is -2.40. The summed E-state index contributed by atoms with van der Waals surface area (Å²) in [6, 6.07) is 11.5. The molecule has 0 saturated carbocycles. The minimum Gasteiger partial charge on any atom is -0.497 e. The van der Waals surface area contributed by atoms with Crippen molar-refractivity contribution in [3.8, 4) is 11.5 Å². The highest BCUT2D eigenvalue weighted by Crippen LogP contribution is 2.52. The van der Waals surface area contributed by atoms with Crippen LogP contribution < -0.4 is 14.8 Å². The Kier molecular flexibility index (Phi) is 4.62. The van der Waals surface area contributed by atoms with E-state index >= 15 is 0 Å². The van der Waals surface area contributed by atoms with Crippen molar-refractivity contribution in [2.75, 3.05) is 19.5 Å². The van der Waals surface area contributed by atoms with Crippen molar-refractivity contribution >= 4 is 23.1 Å². The number of allylic oxidation sites excluding steroid dienone is 2. The van der Waals surface area contributed by atoms with Crippen LogP contribution in [0.1, 0.15) is 43.7 Å². The Morgan fingerprint density at radius 2 is 1.79 bits per heavy atom. The molecule has 1 aliphatic carbocycles. The highest BCUT2D eigenvalue weighted by Gasteiger charge is 2.42. The molecule has 1 heterocycles. The quantitative estimate of drug-likeness (QED) is 0.736. The van der Waals surface area contributed by atoms with Gasteiger partial charge in [-0.15, -0.1) is 0 Å². The average molecular weight is 398 g/mol. The first-order chi connectivity index (χ1) is 13.3. The number of hydrogen-bond donors (Lipinski definition) is 1. The zero-order chi connectivity index (χ0) is 20.1. The lowest BCUT2D eigenvalue weighted by molar-refractivity contribution is -0.118. The number of rotatable bonds is 3. The molecule has 0 fully saturated rings. The highest BCUT2D eigenvalue weighted by molar-refractivity contribution is 6.30. The van der Waals surface area contributed by atoms with Gasteiger partial charge in [0.15, 0.2) is 5.78 Å². The van der Waals surface area contributed by atoms with E-state index in [0.29, 0.717) is 22.9 Å². The van der Waals surface area contributed by atoms with Gasteiger partial charge in [-0.1, -0.05) is 37.6 Å². The number of carbonyl (C=O) groups is 1. The third kappa shape index (κ3) is 3.16. The molecule has 5 heteroatoms. The fourth-order valence-corrected chi connectivity index (χ4v) is 4.49. The molecule has 1 atom stereocenters. The number of carbonyl (C=O) groups excluding carboxylic acids is 1. The Hall–Kier alpha value is -2.46. The summed E-state index contributed by atoms with van der Waals surface area (Å²) >= 11 is 6.12. The molecule has 0 spiro atoms. The number of nitrogens with one attached hydrogen (secondary N) is 1. The van der Waals surface area contributed by atoms with Gasteiger partial charge in [0, 0.05) is 52.0 Å². The molecule has 0 saturated heterocycles. The molecule has 1 N–H and O–H groups in total. The van der Waals surface area contributed by atoms with Gasteiger partial charge in [-0.2, -0.15) is 0 Å². The molecule has 2 aliphatic rings. The number of hydrogen-bond acceptors (Lipinski definition) is 4. The van der Waals surface area contributed by atoms with Gasteiger partial charge in [0.2, 0.25) is 0 Å². The summed E-state index contributed by atoms with van der Waals surface area (Å²) in [6.45, 7) is 4.27. The first-order valence-corrected chi connectivity index (χ1v) is 9.75. The van der Waals surface area contributed by atoms with Crippen LogP contribution in [-0.4, -0.2) is 20.0 Å². The van der Waals surface area contributed by atoms with E-state index in [-0.39, 0.29) is 17.1 Å². The van der Waals surface area contributed by atoms with Crippen LogP contribution in [0.5, 0.6) is 11.5 Å². The molecular weight excluding hydrogens is 374 g/mol. The molecule has 0 bridgehead atoms. The molecule has 2 aromatic carbocycles. The SMILES string of the molecule is COc1cc2c(c(OC)c1)C(c1ccc(Cl)cc1)C1=C(CC(C)(C)CC1=O)N2. The minimum absolute atomic E-state index is 0.0755. The molecular formula is C23H24ClNO3. The number of Topliss-reactive ketones (excluding diaryl/α,β-unsaturated/α-hetero) is 1. The molecule has 146 valence electrons. The molecule has 4 rings (SSSR count). The smallest absolute Gasteiger partial charge is 0.162 e. The molecule has 0 radical (unpaired) electrons. The van der Waals surface area contributed by atoms with E-state index in [1.807, 2.05) is 36.4 Å². The van der Waals surface area contributed by atoms with E-state index < -0.39 is 0 Å². The lowest BCUT2D eigenvalue weighted by Crippen LogP contribution is -2.34. The van der Waals surface area contributed by atoms with Crippen LogP contribution in [0.3, 0.4) is 0 Å². The maximum Gasteiger partial charge on any atom is 0.162 e. The first kappa shape index (κ1) is 18.9.